The van der Waals surface area contributed by atoms with E-state index >= 15 is 0 Å². The van der Waals surface area contributed by atoms with Crippen LogP contribution in [0.3, 0.4) is 0 Å². The molecule has 0 N–H and O–H groups in total. The lowest BCUT2D eigenvalue weighted by molar-refractivity contribution is 0.0751. The van der Waals surface area contributed by atoms with Crippen LogP contribution in [0.1, 0.15) is 0 Å². The van der Waals surface area contributed by atoms with Crippen LogP contribution in [0.5, 0.6) is 0 Å². The third-order valence-corrected chi connectivity index (χ3v) is 2.80. The van der Waals surface area contributed by atoms with E-state index in [4.69, 9.17) is 11.6 Å². The zero-order chi connectivity index (χ0) is 11.4. The molecule has 0 aromatic carbocycles. The molecule has 0 aliphatic rings. The lowest BCUT2D eigenvalue weighted by atomic mass is 10.4. The monoisotopic (exact) mass is 256 g/mol. The summed E-state index contributed by atoms with van der Waals surface area (Å²) in [7, 11) is 1.67. The summed E-state index contributed by atoms with van der Waals surface area (Å²) in [6, 6.07) is 0. The Hall–Kier alpha value is -0.620. The third kappa shape index (κ3) is 3.46. The summed E-state index contributed by atoms with van der Waals surface area (Å²) >= 11 is 6.72. The van der Waals surface area contributed by atoms with Crippen LogP contribution in [-0.4, -0.2) is 22.1 Å². The zero-order valence-corrected chi connectivity index (χ0v) is 9.27. The predicted molar refractivity (Wildman–Crippen MR) is 54.1 cm³/mol. The number of thioether (sulfide) groups is 1. The summed E-state index contributed by atoms with van der Waals surface area (Å²) in [5.74, 6) is 0. The molecule has 0 bridgehead atoms. The zero-order valence-electron chi connectivity index (χ0n) is 7.70. The second-order valence-electron chi connectivity index (χ2n) is 2.65. The van der Waals surface area contributed by atoms with Crippen molar-refractivity contribution in [1.29, 1.82) is 0 Å². The van der Waals surface area contributed by atoms with Gasteiger partial charge in [0.2, 0.25) is 0 Å². The Morgan fingerprint density at radius 3 is 2.67 bits per heavy atom. The van der Waals surface area contributed by atoms with E-state index in [1.165, 1.54) is 11.6 Å². The van der Waals surface area contributed by atoms with Crippen molar-refractivity contribution in [2.75, 3.05) is 0 Å². The fraction of sp³-hybridized carbons (Fsp3) is 0.375. The summed E-state index contributed by atoms with van der Waals surface area (Å²) in [5, 5.41) is 2.17. The molecule has 1 unspecified atom stereocenters. The van der Waals surface area contributed by atoms with Gasteiger partial charge in [0.25, 0.3) is 6.43 Å². The Kier molecular flexibility index (Phi) is 4.53. The Bertz CT molecular complexity index is 354. The smallest absolute Gasteiger partial charge is 0.272 e. The van der Waals surface area contributed by atoms with Gasteiger partial charge in [-0.3, -0.25) is 0 Å². The Morgan fingerprint density at radius 2 is 2.20 bits per heavy atom. The van der Waals surface area contributed by atoms with Crippen molar-refractivity contribution in [3.63, 3.8) is 0 Å². The number of nitrogens with zero attached hydrogens (tertiary/aromatic N) is 2. The van der Waals surface area contributed by atoms with Gasteiger partial charge in [-0.1, -0.05) is 23.4 Å². The lowest BCUT2D eigenvalue weighted by Gasteiger charge is -2.00. The maximum Gasteiger partial charge on any atom is 0.272 e. The van der Waals surface area contributed by atoms with Crippen molar-refractivity contribution in [1.82, 2.24) is 9.55 Å². The number of alkyl halides is 3. The maximum absolute atomic E-state index is 12.4. The molecule has 84 valence electrons. The molecular formula is C8H8ClF3N2S. The van der Waals surface area contributed by atoms with Gasteiger partial charge in [0.1, 0.15) is 5.15 Å². The molecule has 0 fully saturated rings. The molecule has 0 amide bonds. The highest BCUT2D eigenvalue weighted by molar-refractivity contribution is 8.02. The maximum atomic E-state index is 12.4. The van der Waals surface area contributed by atoms with Gasteiger partial charge in [0.05, 0.1) is 6.20 Å². The SMILES string of the molecule is Cn1c(Cl)cnc1S/C=C/C(F)C(F)F. The van der Waals surface area contributed by atoms with E-state index in [1.807, 2.05) is 0 Å². The van der Waals surface area contributed by atoms with Crippen LogP contribution in [0.4, 0.5) is 13.2 Å². The van der Waals surface area contributed by atoms with Gasteiger partial charge in [-0.05, 0) is 11.5 Å². The summed E-state index contributed by atoms with van der Waals surface area (Å²) in [5.41, 5.74) is 0. The van der Waals surface area contributed by atoms with E-state index in [0.29, 0.717) is 10.3 Å². The van der Waals surface area contributed by atoms with Crippen LogP contribution < -0.4 is 0 Å². The molecule has 0 saturated heterocycles. The molecule has 1 atom stereocenters. The molecule has 15 heavy (non-hydrogen) atoms. The topological polar surface area (TPSA) is 17.8 Å². The van der Waals surface area contributed by atoms with E-state index in [1.54, 1.807) is 11.6 Å². The standard InChI is InChI=1S/C8H8ClF3N2S/c1-14-6(9)4-13-8(14)15-3-2-5(10)7(11)12/h2-5,7H,1H3/b3-2+. The summed E-state index contributed by atoms with van der Waals surface area (Å²) in [6.07, 6.45) is -3.02. The number of allylic oxidation sites excluding steroid dienone is 1. The van der Waals surface area contributed by atoms with Crippen LogP contribution in [-0.2, 0) is 7.05 Å². The Labute approximate surface area is 94.1 Å². The number of halogens is 4. The minimum absolute atomic E-state index is 0.427. The highest BCUT2D eigenvalue weighted by Crippen LogP contribution is 2.21. The van der Waals surface area contributed by atoms with Crippen LogP contribution >= 0.6 is 23.4 Å². The van der Waals surface area contributed by atoms with Gasteiger partial charge >= 0.3 is 0 Å². The van der Waals surface area contributed by atoms with Crippen LogP contribution in [0, 0.1) is 0 Å². The average Bonchev–Trinajstić information content (AvgIpc) is 2.49. The minimum Gasteiger partial charge on any atom is -0.313 e. The fourth-order valence-corrected chi connectivity index (χ4v) is 1.64. The first-order valence-electron chi connectivity index (χ1n) is 3.95. The summed E-state index contributed by atoms with van der Waals surface area (Å²) < 4.78 is 37.5. The fourth-order valence-electron chi connectivity index (χ4n) is 0.742. The first kappa shape index (κ1) is 12.4. The highest BCUT2D eigenvalue weighted by Gasteiger charge is 2.14. The molecule has 2 nitrogen and oxygen atoms in total. The van der Waals surface area contributed by atoms with Crippen molar-refractivity contribution in [2.24, 2.45) is 7.05 Å². The number of imidazole rings is 1. The van der Waals surface area contributed by atoms with Gasteiger partial charge in [0.15, 0.2) is 11.3 Å². The van der Waals surface area contributed by atoms with Crippen molar-refractivity contribution < 1.29 is 13.2 Å². The highest BCUT2D eigenvalue weighted by atomic mass is 35.5. The van der Waals surface area contributed by atoms with Gasteiger partial charge in [-0.25, -0.2) is 18.2 Å². The van der Waals surface area contributed by atoms with E-state index in [2.05, 4.69) is 4.98 Å². The molecular weight excluding hydrogens is 249 g/mol. The third-order valence-electron chi connectivity index (χ3n) is 1.57. The second-order valence-corrected chi connectivity index (χ2v) is 3.91. The average molecular weight is 257 g/mol. The molecule has 1 aromatic heterocycles. The number of aromatic nitrogens is 2. The minimum atomic E-state index is -2.99. The van der Waals surface area contributed by atoms with Gasteiger partial charge < -0.3 is 4.57 Å². The van der Waals surface area contributed by atoms with E-state index in [-0.39, 0.29) is 0 Å². The number of hydrogen-bond acceptors (Lipinski definition) is 2. The van der Waals surface area contributed by atoms with Crippen LogP contribution in [0.25, 0.3) is 0 Å². The molecule has 1 rings (SSSR count). The van der Waals surface area contributed by atoms with Crippen molar-refractivity contribution >= 4 is 23.4 Å². The largest absolute Gasteiger partial charge is 0.313 e. The first-order chi connectivity index (χ1) is 7.02. The van der Waals surface area contributed by atoms with Gasteiger partial charge in [0, 0.05) is 7.05 Å². The predicted octanol–water partition coefficient (Wildman–Crippen LogP) is 3.28. The summed E-state index contributed by atoms with van der Waals surface area (Å²) in [4.78, 5) is 3.89. The lowest BCUT2D eigenvalue weighted by Crippen LogP contribution is -2.07. The Morgan fingerprint density at radius 1 is 1.53 bits per heavy atom. The first-order valence-corrected chi connectivity index (χ1v) is 5.21. The van der Waals surface area contributed by atoms with E-state index < -0.39 is 12.6 Å². The molecule has 0 saturated carbocycles. The molecule has 0 aliphatic carbocycles. The molecule has 0 radical (unpaired) electrons. The van der Waals surface area contributed by atoms with Crippen LogP contribution in [0.15, 0.2) is 22.8 Å². The Balaban J connectivity index is 2.54. The molecule has 0 spiro atoms. The molecule has 1 heterocycles. The quantitative estimate of drug-likeness (QED) is 0.770. The van der Waals surface area contributed by atoms with Gasteiger partial charge in [-0.15, -0.1) is 0 Å². The van der Waals surface area contributed by atoms with Gasteiger partial charge in [-0.2, -0.15) is 0 Å². The second kappa shape index (κ2) is 5.46. The van der Waals surface area contributed by atoms with E-state index in [0.717, 1.165) is 17.8 Å². The number of hydrogen-bond donors (Lipinski definition) is 0. The normalized spacial score (nSPS) is 14.0. The van der Waals surface area contributed by atoms with Crippen LogP contribution in [0.2, 0.25) is 5.15 Å². The summed E-state index contributed by atoms with van der Waals surface area (Å²) in [6.45, 7) is 0. The number of rotatable bonds is 4. The molecule has 0 aliphatic heterocycles. The van der Waals surface area contributed by atoms with E-state index in [9.17, 15) is 13.2 Å². The molecule has 7 heteroatoms. The molecule has 1 aromatic rings. The van der Waals surface area contributed by atoms with Crippen molar-refractivity contribution in [2.45, 2.75) is 17.8 Å². The van der Waals surface area contributed by atoms with Crippen molar-refractivity contribution in [3.05, 3.63) is 22.8 Å². The van der Waals surface area contributed by atoms with Crippen molar-refractivity contribution in [3.8, 4) is 0 Å².